The van der Waals surface area contributed by atoms with Gasteiger partial charge in [0.15, 0.2) is 5.82 Å². The lowest BCUT2D eigenvalue weighted by atomic mass is 10.1. The number of aromatic nitrogens is 3. The fourth-order valence-electron chi connectivity index (χ4n) is 2.50. The maximum Gasteiger partial charge on any atom is 0.291 e. The lowest BCUT2D eigenvalue weighted by molar-refractivity contribution is 0.936. The Morgan fingerprint density at radius 2 is 1.88 bits per heavy atom. The number of hydrogen-bond donors (Lipinski definition) is 0. The lowest BCUT2D eigenvalue weighted by Gasteiger charge is -1.98. The molecule has 0 amide bonds. The lowest BCUT2D eigenvalue weighted by Crippen LogP contribution is -2.23. The number of nitrogens with zero attached hydrogens (tertiary/aromatic N) is 3. The monoisotopic (exact) mass is 353 g/mol. The zero-order valence-corrected chi connectivity index (χ0v) is 14.3. The Morgan fingerprint density at radius 3 is 2.62 bits per heavy atom. The van der Waals surface area contributed by atoms with Gasteiger partial charge in [0.05, 0.1) is 4.53 Å². The number of thiazole rings is 1. The van der Waals surface area contributed by atoms with Crippen LogP contribution in [-0.2, 0) is 0 Å². The van der Waals surface area contributed by atoms with Crippen molar-refractivity contribution >= 4 is 34.0 Å². The summed E-state index contributed by atoms with van der Waals surface area (Å²) in [5, 5.41) is 4.99. The van der Waals surface area contributed by atoms with Gasteiger partial charge in [0.1, 0.15) is 0 Å². The predicted molar refractivity (Wildman–Crippen MR) is 97.5 cm³/mol. The van der Waals surface area contributed by atoms with Crippen LogP contribution in [0.4, 0.5) is 0 Å². The van der Waals surface area contributed by atoms with Gasteiger partial charge in [0.2, 0.25) is 4.96 Å². The number of hydrogen-bond acceptors (Lipinski definition) is 4. The fraction of sp³-hybridized carbons (Fsp3) is 0.0556. The van der Waals surface area contributed by atoms with Crippen LogP contribution in [0.2, 0.25) is 5.02 Å². The summed E-state index contributed by atoms with van der Waals surface area (Å²) in [6.07, 6.45) is 1.78. The molecule has 24 heavy (non-hydrogen) atoms. The van der Waals surface area contributed by atoms with Crippen LogP contribution in [-0.4, -0.2) is 14.6 Å². The third-order valence-electron chi connectivity index (χ3n) is 3.76. The Hall–Kier alpha value is -2.50. The molecule has 2 aromatic carbocycles. The highest BCUT2D eigenvalue weighted by Crippen LogP contribution is 2.20. The van der Waals surface area contributed by atoms with E-state index in [9.17, 15) is 4.79 Å². The van der Waals surface area contributed by atoms with E-state index in [0.29, 0.717) is 20.3 Å². The molecule has 0 atom stereocenters. The summed E-state index contributed by atoms with van der Waals surface area (Å²) >= 11 is 7.47. The maximum absolute atomic E-state index is 12.6. The van der Waals surface area contributed by atoms with Gasteiger partial charge in [0.25, 0.3) is 5.56 Å². The summed E-state index contributed by atoms with van der Waals surface area (Å²) in [6.45, 7) is 2.00. The quantitative estimate of drug-likeness (QED) is 0.555. The number of halogens is 1. The third-order valence-corrected chi connectivity index (χ3v) is 5.06. The normalized spacial score (nSPS) is 12.2. The van der Waals surface area contributed by atoms with Gasteiger partial charge in [-0.05, 0) is 30.2 Å². The van der Waals surface area contributed by atoms with E-state index in [1.54, 1.807) is 12.1 Å². The second-order valence-electron chi connectivity index (χ2n) is 5.38. The van der Waals surface area contributed by atoms with E-state index in [0.717, 1.165) is 16.7 Å². The van der Waals surface area contributed by atoms with Crippen molar-refractivity contribution in [2.45, 2.75) is 6.92 Å². The fourth-order valence-corrected chi connectivity index (χ4v) is 3.59. The Labute approximate surface area is 146 Å². The van der Waals surface area contributed by atoms with Crippen LogP contribution >= 0.6 is 22.9 Å². The first kappa shape index (κ1) is 15.1. The van der Waals surface area contributed by atoms with Gasteiger partial charge in [-0.1, -0.05) is 65.4 Å². The molecule has 2 aromatic heterocycles. The Bertz CT molecular complexity index is 1160. The average molecular weight is 354 g/mol. The summed E-state index contributed by atoms with van der Waals surface area (Å²) in [5.74, 6) is 0.570. The Kier molecular flexibility index (Phi) is 3.67. The second-order valence-corrected chi connectivity index (χ2v) is 6.80. The molecule has 0 saturated carbocycles. The molecular weight excluding hydrogens is 342 g/mol. The minimum atomic E-state index is -0.178. The predicted octanol–water partition coefficient (Wildman–Crippen LogP) is 3.33. The van der Waals surface area contributed by atoms with E-state index in [4.69, 9.17) is 11.6 Å². The summed E-state index contributed by atoms with van der Waals surface area (Å²) in [5.41, 5.74) is 2.64. The minimum Gasteiger partial charge on any atom is -0.266 e. The first-order valence-electron chi connectivity index (χ1n) is 7.35. The van der Waals surface area contributed by atoms with E-state index < -0.39 is 0 Å². The average Bonchev–Trinajstić information content (AvgIpc) is 3.10. The molecule has 4 nitrogen and oxygen atoms in total. The molecule has 0 aliphatic rings. The molecule has 0 spiro atoms. The topological polar surface area (TPSA) is 47.3 Å². The molecule has 0 aliphatic carbocycles. The van der Waals surface area contributed by atoms with Crippen molar-refractivity contribution in [3.05, 3.63) is 79.6 Å². The van der Waals surface area contributed by atoms with E-state index in [1.807, 2.05) is 49.4 Å². The molecule has 0 unspecified atom stereocenters. The number of rotatable bonds is 2. The summed E-state index contributed by atoms with van der Waals surface area (Å²) in [6, 6.07) is 15.3. The van der Waals surface area contributed by atoms with Crippen LogP contribution in [0.25, 0.3) is 22.4 Å². The first-order chi connectivity index (χ1) is 11.6. The van der Waals surface area contributed by atoms with Gasteiger partial charge in [-0.3, -0.25) is 4.79 Å². The molecule has 2 heterocycles. The maximum atomic E-state index is 12.6. The summed E-state index contributed by atoms with van der Waals surface area (Å²) < 4.78 is 1.92. The second kappa shape index (κ2) is 5.85. The van der Waals surface area contributed by atoms with Crippen molar-refractivity contribution in [2.75, 3.05) is 0 Å². The summed E-state index contributed by atoms with van der Waals surface area (Å²) in [4.78, 5) is 17.7. The van der Waals surface area contributed by atoms with E-state index in [1.165, 1.54) is 15.9 Å². The van der Waals surface area contributed by atoms with Crippen LogP contribution in [0.1, 0.15) is 11.1 Å². The molecule has 0 fully saturated rings. The SMILES string of the molecule is Cc1ccccc1-c1nc2sc(=Cc3ccccc3Cl)c(=O)n2n1. The minimum absolute atomic E-state index is 0.178. The summed E-state index contributed by atoms with van der Waals surface area (Å²) in [7, 11) is 0. The molecule has 118 valence electrons. The molecule has 0 aliphatic heterocycles. The van der Waals surface area contributed by atoms with Gasteiger partial charge in [-0.15, -0.1) is 5.10 Å². The van der Waals surface area contributed by atoms with Crippen LogP contribution in [0, 0.1) is 6.92 Å². The van der Waals surface area contributed by atoms with E-state index >= 15 is 0 Å². The molecule has 0 bridgehead atoms. The Morgan fingerprint density at radius 1 is 1.12 bits per heavy atom. The van der Waals surface area contributed by atoms with Crippen molar-refractivity contribution < 1.29 is 0 Å². The van der Waals surface area contributed by atoms with Crippen molar-refractivity contribution in [1.29, 1.82) is 0 Å². The van der Waals surface area contributed by atoms with Crippen molar-refractivity contribution in [3.8, 4) is 11.4 Å². The molecule has 4 aromatic rings. The molecule has 4 rings (SSSR count). The molecule has 0 saturated heterocycles. The van der Waals surface area contributed by atoms with Gasteiger partial charge >= 0.3 is 0 Å². The van der Waals surface area contributed by atoms with E-state index in [2.05, 4.69) is 10.1 Å². The standard InChI is InChI=1S/C18H12ClN3OS/c1-11-6-2-4-8-13(11)16-20-18-22(21-16)17(23)15(24-18)10-12-7-3-5-9-14(12)19/h2-10H,1H3. The highest BCUT2D eigenvalue weighted by atomic mass is 35.5. The van der Waals surface area contributed by atoms with Gasteiger partial charge in [-0.25, -0.2) is 0 Å². The van der Waals surface area contributed by atoms with Crippen molar-refractivity contribution in [1.82, 2.24) is 14.6 Å². The van der Waals surface area contributed by atoms with E-state index in [-0.39, 0.29) is 5.56 Å². The zero-order valence-electron chi connectivity index (χ0n) is 12.7. The Balaban J connectivity index is 1.87. The third kappa shape index (κ3) is 2.52. The highest BCUT2D eigenvalue weighted by molar-refractivity contribution is 7.15. The number of benzene rings is 2. The smallest absolute Gasteiger partial charge is 0.266 e. The molecule has 0 radical (unpaired) electrons. The van der Waals surface area contributed by atoms with Crippen molar-refractivity contribution in [3.63, 3.8) is 0 Å². The number of fused-ring (bicyclic) bond motifs is 1. The van der Waals surface area contributed by atoms with Gasteiger partial charge < -0.3 is 0 Å². The number of aryl methyl sites for hydroxylation is 1. The molecular formula is C18H12ClN3OS. The van der Waals surface area contributed by atoms with Crippen LogP contribution in [0.5, 0.6) is 0 Å². The molecule has 0 N–H and O–H groups in total. The van der Waals surface area contributed by atoms with Crippen molar-refractivity contribution in [2.24, 2.45) is 0 Å². The highest BCUT2D eigenvalue weighted by Gasteiger charge is 2.13. The zero-order chi connectivity index (χ0) is 16.7. The van der Waals surface area contributed by atoms with Crippen LogP contribution in [0.15, 0.2) is 53.3 Å². The van der Waals surface area contributed by atoms with Gasteiger partial charge in [0, 0.05) is 10.6 Å². The van der Waals surface area contributed by atoms with Gasteiger partial charge in [-0.2, -0.15) is 9.50 Å². The van der Waals surface area contributed by atoms with Crippen LogP contribution in [0.3, 0.4) is 0 Å². The molecule has 6 heteroatoms. The van der Waals surface area contributed by atoms with Crippen LogP contribution < -0.4 is 10.1 Å². The largest absolute Gasteiger partial charge is 0.291 e. The first-order valence-corrected chi connectivity index (χ1v) is 8.55.